The average molecular weight is 441 g/mol. The van der Waals surface area contributed by atoms with E-state index in [2.05, 4.69) is 20.7 Å². The van der Waals surface area contributed by atoms with Gasteiger partial charge in [0.1, 0.15) is 11.4 Å². The van der Waals surface area contributed by atoms with Crippen molar-refractivity contribution in [2.24, 2.45) is 0 Å². The van der Waals surface area contributed by atoms with Crippen LogP contribution in [0, 0.1) is 6.92 Å². The number of amides is 2. The number of aryl methyl sites for hydroxylation is 1. The van der Waals surface area contributed by atoms with Gasteiger partial charge in [-0.2, -0.15) is 5.10 Å². The number of carbonyl (C=O) groups is 2. The number of nitrogens with zero attached hydrogens (tertiary/aromatic N) is 3. The Morgan fingerprint density at radius 1 is 1.06 bits per heavy atom. The highest BCUT2D eigenvalue weighted by molar-refractivity contribution is 6.02. The van der Waals surface area contributed by atoms with E-state index in [0.717, 1.165) is 16.8 Å². The van der Waals surface area contributed by atoms with E-state index < -0.39 is 5.91 Å². The molecule has 2 heterocycles. The van der Waals surface area contributed by atoms with Gasteiger partial charge in [0, 0.05) is 18.0 Å². The van der Waals surface area contributed by atoms with Crippen LogP contribution in [0.25, 0.3) is 16.9 Å². The quantitative estimate of drug-likeness (QED) is 0.457. The number of aromatic nitrogens is 3. The molecule has 0 unspecified atom stereocenters. The van der Waals surface area contributed by atoms with Crippen LogP contribution in [0.5, 0.6) is 5.75 Å². The van der Waals surface area contributed by atoms with Crippen molar-refractivity contribution in [3.8, 4) is 22.7 Å². The lowest BCUT2D eigenvalue weighted by Gasteiger charge is -2.07. The number of hydrogen-bond donors (Lipinski definition) is 2. The fourth-order valence-electron chi connectivity index (χ4n) is 3.25. The van der Waals surface area contributed by atoms with Crippen LogP contribution in [0.1, 0.15) is 15.9 Å². The zero-order chi connectivity index (χ0) is 23.2. The molecule has 0 aliphatic carbocycles. The van der Waals surface area contributed by atoms with Gasteiger partial charge in [-0.1, -0.05) is 29.8 Å². The molecule has 0 radical (unpaired) electrons. The molecule has 8 heteroatoms. The number of hydrogen-bond acceptors (Lipinski definition) is 5. The number of methoxy groups -OCH3 is 1. The maximum atomic E-state index is 13.1. The van der Waals surface area contributed by atoms with Crippen LogP contribution in [0.4, 0.5) is 5.69 Å². The number of anilines is 1. The molecule has 0 spiro atoms. The summed E-state index contributed by atoms with van der Waals surface area (Å²) in [5.74, 6) is -0.114. The summed E-state index contributed by atoms with van der Waals surface area (Å²) in [6.45, 7) is 1.81. The lowest BCUT2D eigenvalue weighted by atomic mass is 10.1. The van der Waals surface area contributed by atoms with Crippen LogP contribution in [-0.2, 0) is 4.79 Å². The van der Waals surface area contributed by atoms with Crippen molar-refractivity contribution in [2.45, 2.75) is 6.92 Å². The van der Waals surface area contributed by atoms with E-state index in [4.69, 9.17) is 4.74 Å². The summed E-state index contributed by atoms with van der Waals surface area (Å²) < 4.78 is 6.98. The summed E-state index contributed by atoms with van der Waals surface area (Å²) >= 11 is 0. The Labute approximate surface area is 191 Å². The van der Waals surface area contributed by atoms with Crippen LogP contribution in [0.2, 0.25) is 0 Å². The van der Waals surface area contributed by atoms with Crippen molar-refractivity contribution < 1.29 is 14.3 Å². The molecule has 2 amide bonds. The highest BCUT2D eigenvalue weighted by Gasteiger charge is 2.20. The van der Waals surface area contributed by atoms with Gasteiger partial charge in [0.2, 0.25) is 5.91 Å². The SMILES string of the molecule is COc1cccc(-c2nn(-c3ccc(C)cc3)cc2C(=O)NCC(=O)Nc2cccnc2)c1. The second-order valence-corrected chi connectivity index (χ2v) is 7.38. The summed E-state index contributed by atoms with van der Waals surface area (Å²) in [6.07, 6.45) is 4.81. The number of ether oxygens (including phenoxy) is 1. The Hall–Kier alpha value is -4.46. The minimum atomic E-state index is -0.410. The zero-order valence-electron chi connectivity index (χ0n) is 18.3. The van der Waals surface area contributed by atoms with E-state index in [0.29, 0.717) is 22.7 Å². The number of carbonyl (C=O) groups excluding carboxylic acids is 2. The molecule has 2 aromatic carbocycles. The minimum Gasteiger partial charge on any atom is -0.497 e. The molecule has 0 atom stereocenters. The van der Waals surface area contributed by atoms with Gasteiger partial charge in [-0.05, 0) is 43.3 Å². The highest BCUT2D eigenvalue weighted by Crippen LogP contribution is 2.27. The van der Waals surface area contributed by atoms with E-state index in [1.165, 1.54) is 6.20 Å². The molecule has 0 aliphatic rings. The van der Waals surface area contributed by atoms with Gasteiger partial charge in [-0.15, -0.1) is 0 Å². The van der Waals surface area contributed by atoms with Gasteiger partial charge < -0.3 is 15.4 Å². The van der Waals surface area contributed by atoms with Crippen LogP contribution < -0.4 is 15.4 Å². The molecule has 4 aromatic rings. The molecule has 2 N–H and O–H groups in total. The first kappa shape index (κ1) is 21.8. The molecule has 8 nitrogen and oxygen atoms in total. The van der Waals surface area contributed by atoms with Crippen molar-refractivity contribution >= 4 is 17.5 Å². The highest BCUT2D eigenvalue weighted by atomic mass is 16.5. The van der Waals surface area contributed by atoms with Crippen molar-refractivity contribution in [3.05, 3.63) is 90.4 Å². The van der Waals surface area contributed by atoms with E-state index in [9.17, 15) is 9.59 Å². The van der Waals surface area contributed by atoms with Gasteiger partial charge in [0.15, 0.2) is 0 Å². The normalized spacial score (nSPS) is 10.5. The van der Waals surface area contributed by atoms with Crippen LogP contribution >= 0.6 is 0 Å². The minimum absolute atomic E-state index is 0.193. The molecule has 0 bridgehead atoms. The fourth-order valence-corrected chi connectivity index (χ4v) is 3.25. The Kier molecular flexibility index (Phi) is 6.45. The van der Waals surface area contributed by atoms with E-state index >= 15 is 0 Å². The first-order valence-corrected chi connectivity index (χ1v) is 10.3. The molecule has 2 aromatic heterocycles. The number of nitrogens with one attached hydrogen (secondary N) is 2. The average Bonchev–Trinajstić information content (AvgIpc) is 3.29. The topological polar surface area (TPSA) is 98.1 Å². The summed E-state index contributed by atoms with van der Waals surface area (Å²) in [6, 6.07) is 18.6. The molecule has 166 valence electrons. The van der Waals surface area contributed by atoms with E-state index in [-0.39, 0.29) is 12.5 Å². The molecule has 0 aliphatic heterocycles. The van der Waals surface area contributed by atoms with Crippen LogP contribution in [-0.4, -0.2) is 40.2 Å². The van der Waals surface area contributed by atoms with Crippen molar-refractivity contribution in [2.75, 3.05) is 19.0 Å². The fraction of sp³-hybridized carbons (Fsp3) is 0.120. The second kappa shape index (κ2) is 9.78. The second-order valence-electron chi connectivity index (χ2n) is 7.38. The maximum Gasteiger partial charge on any atom is 0.255 e. The van der Waals surface area contributed by atoms with Crippen molar-refractivity contribution in [1.82, 2.24) is 20.1 Å². The molecule has 0 saturated carbocycles. The van der Waals surface area contributed by atoms with Gasteiger partial charge in [-0.25, -0.2) is 4.68 Å². The Morgan fingerprint density at radius 3 is 2.61 bits per heavy atom. The van der Waals surface area contributed by atoms with E-state index in [1.807, 2.05) is 55.5 Å². The maximum absolute atomic E-state index is 13.1. The Bertz CT molecular complexity index is 1270. The standard InChI is InChI=1S/C25H23N5O3/c1-17-8-10-20(11-9-17)30-16-22(24(29-30)18-5-3-7-21(13-18)33-2)25(32)27-15-23(31)28-19-6-4-12-26-14-19/h3-14,16H,15H2,1-2H3,(H,27,32)(H,28,31). The third kappa shape index (κ3) is 5.24. The summed E-state index contributed by atoms with van der Waals surface area (Å²) in [7, 11) is 1.58. The predicted molar refractivity (Wildman–Crippen MR) is 125 cm³/mol. The van der Waals surface area contributed by atoms with E-state index in [1.54, 1.807) is 36.3 Å². The van der Waals surface area contributed by atoms with Crippen molar-refractivity contribution in [3.63, 3.8) is 0 Å². The molecule has 33 heavy (non-hydrogen) atoms. The predicted octanol–water partition coefficient (Wildman–Crippen LogP) is 3.62. The molecular formula is C25H23N5O3. The summed E-state index contributed by atoms with van der Waals surface area (Å²) in [5.41, 5.74) is 4.05. The summed E-state index contributed by atoms with van der Waals surface area (Å²) in [5, 5.41) is 10.0. The smallest absolute Gasteiger partial charge is 0.255 e. The third-order valence-corrected chi connectivity index (χ3v) is 4.96. The molecular weight excluding hydrogens is 418 g/mol. The number of benzene rings is 2. The van der Waals surface area contributed by atoms with Crippen LogP contribution in [0.3, 0.4) is 0 Å². The van der Waals surface area contributed by atoms with Gasteiger partial charge in [-0.3, -0.25) is 14.6 Å². The Balaban J connectivity index is 1.60. The van der Waals surface area contributed by atoms with Gasteiger partial charge in [0.25, 0.3) is 5.91 Å². The van der Waals surface area contributed by atoms with Crippen LogP contribution in [0.15, 0.2) is 79.3 Å². The number of pyridine rings is 1. The first-order chi connectivity index (χ1) is 16.0. The molecule has 0 saturated heterocycles. The zero-order valence-corrected chi connectivity index (χ0v) is 18.3. The monoisotopic (exact) mass is 441 g/mol. The molecule has 4 rings (SSSR count). The van der Waals surface area contributed by atoms with Crippen molar-refractivity contribution in [1.29, 1.82) is 0 Å². The Morgan fingerprint density at radius 2 is 1.88 bits per heavy atom. The lowest BCUT2D eigenvalue weighted by Crippen LogP contribution is -2.33. The summed E-state index contributed by atoms with van der Waals surface area (Å²) in [4.78, 5) is 29.3. The largest absolute Gasteiger partial charge is 0.497 e. The third-order valence-electron chi connectivity index (χ3n) is 4.96. The first-order valence-electron chi connectivity index (χ1n) is 10.3. The lowest BCUT2D eigenvalue weighted by molar-refractivity contribution is -0.115. The van der Waals surface area contributed by atoms with Gasteiger partial charge >= 0.3 is 0 Å². The van der Waals surface area contributed by atoms with Gasteiger partial charge in [0.05, 0.1) is 36.8 Å². The number of rotatable bonds is 7. The molecule has 0 fully saturated rings.